The van der Waals surface area contributed by atoms with E-state index in [9.17, 15) is 5.11 Å². The Balaban J connectivity index is 1.96. The van der Waals surface area contributed by atoms with Gasteiger partial charge in [-0.2, -0.15) is 0 Å². The van der Waals surface area contributed by atoms with Crippen LogP contribution in [0.4, 0.5) is 5.95 Å². The summed E-state index contributed by atoms with van der Waals surface area (Å²) < 4.78 is 0.899. The van der Waals surface area contributed by atoms with Gasteiger partial charge < -0.3 is 10.4 Å². The molecule has 0 bridgehead atoms. The molecule has 4 nitrogen and oxygen atoms in total. The van der Waals surface area contributed by atoms with Crippen molar-refractivity contribution in [2.75, 3.05) is 11.9 Å². The van der Waals surface area contributed by atoms with Crippen LogP contribution in [0.15, 0.2) is 10.7 Å². The third kappa shape index (κ3) is 2.46. The van der Waals surface area contributed by atoms with Crippen molar-refractivity contribution in [3.8, 4) is 0 Å². The fraction of sp³-hybridized carbons (Fsp3) is 0.600. The first-order valence-corrected chi connectivity index (χ1v) is 5.84. The predicted octanol–water partition coefficient (Wildman–Crippen LogP) is 1.87. The number of rotatable bonds is 3. The van der Waals surface area contributed by atoms with Gasteiger partial charge in [-0.05, 0) is 42.1 Å². The zero-order valence-corrected chi connectivity index (χ0v) is 10.2. The second-order valence-corrected chi connectivity index (χ2v) is 4.91. The standard InChI is InChI=1S/C10H14BrN3O/c1-7-8(11)5-12-9(14-7)13-6-10(15)3-2-4-10/h5,15H,2-4,6H2,1H3,(H,12,13,14). The average molecular weight is 272 g/mol. The molecule has 1 heterocycles. The van der Waals surface area contributed by atoms with Gasteiger partial charge in [0, 0.05) is 12.7 Å². The molecule has 82 valence electrons. The molecule has 0 spiro atoms. The number of nitrogens with zero attached hydrogens (tertiary/aromatic N) is 2. The topological polar surface area (TPSA) is 58.0 Å². The molecular weight excluding hydrogens is 258 g/mol. The highest BCUT2D eigenvalue weighted by Crippen LogP contribution is 2.31. The molecule has 0 unspecified atom stereocenters. The first-order valence-electron chi connectivity index (χ1n) is 5.04. The van der Waals surface area contributed by atoms with Crippen LogP contribution in [-0.2, 0) is 0 Å². The van der Waals surface area contributed by atoms with E-state index in [1.165, 1.54) is 0 Å². The Morgan fingerprint density at radius 2 is 2.33 bits per heavy atom. The second kappa shape index (κ2) is 4.06. The van der Waals surface area contributed by atoms with Crippen molar-refractivity contribution in [3.05, 3.63) is 16.4 Å². The molecule has 1 aromatic heterocycles. The number of hydrogen-bond acceptors (Lipinski definition) is 4. The van der Waals surface area contributed by atoms with Gasteiger partial charge in [0.05, 0.1) is 15.8 Å². The van der Waals surface area contributed by atoms with Crippen molar-refractivity contribution in [1.82, 2.24) is 9.97 Å². The number of hydrogen-bond donors (Lipinski definition) is 2. The minimum atomic E-state index is -0.537. The molecule has 1 fully saturated rings. The number of nitrogens with one attached hydrogen (secondary N) is 1. The van der Waals surface area contributed by atoms with Crippen LogP contribution in [0.5, 0.6) is 0 Å². The van der Waals surface area contributed by atoms with E-state index in [1.807, 2.05) is 6.92 Å². The summed E-state index contributed by atoms with van der Waals surface area (Å²) in [5.41, 5.74) is 0.359. The summed E-state index contributed by atoms with van der Waals surface area (Å²) in [5.74, 6) is 0.580. The van der Waals surface area contributed by atoms with Gasteiger partial charge in [-0.3, -0.25) is 0 Å². The van der Waals surface area contributed by atoms with Crippen LogP contribution in [0.3, 0.4) is 0 Å². The third-order valence-corrected chi connectivity index (χ3v) is 3.56. The van der Waals surface area contributed by atoms with Crippen molar-refractivity contribution in [2.24, 2.45) is 0 Å². The van der Waals surface area contributed by atoms with Gasteiger partial charge in [0.1, 0.15) is 0 Å². The van der Waals surface area contributed by atoms with E-state index < -0.39 is 5.60 Å². The molecule has 0 aliphatic heterocycles. The fourth-order valence-electron chi connectivity index (χ4n) is 1.54. The van der Waals surface area contributed by atoms with E-state index in [1.54, 1.807) is 6.20 Å². The summed E-state index contributed by atoms with van der Waals surface area (Å²) in [7, 11) is 0. The number of aliphatic hydroxyl groups is 1. The highest BCUT2D eigenvalue weighted by atomic mass is 79.9. The largest absolute Gasteiger partial charge is 0.388 e. The molecule has 0 saturated heterocycles. The van der Waals surface area contributed by atoms with Gasteiger partial charge in [-0.15, -0.1) is 0 Å². The van der Waals surface area contributed by atoms with Gasteiger partial charge in [-0.1, -0.05) is 0 Å². The smallest absolute Gasteiger partial charge is 0.223 e. The maximum atomic E-state index is 9.87. The van der Waals surface area contributed by atoms with Crippen molar-refractivity contribution in [2.45, 2.75) is 31.8 Å². The third-order valence-electron chi connectivity index (χ3n) is 2.78. The summed E-state index contributed by atoms with van der Waals surface area (Å²) in [6.07, 6.45) is 4.57. The van der Waals surface area contributed by atoms with Gasteiger partial charge in [0.15, 0.2) is 0 Å². The van der Waals surface area contributed by atoms with Crippen LogP contribution in [0, 0.1) is 6.92 Å². The van der Waals surface area contributed by atoms with E-state index >= 15 is 0 Å². The summed E-state index contributed by atoms with van der Waals surface area (Å²) >= 11 is 3.34. The molecule has 0 amide bonds. The monoisotopic (exact) mass is 271 g/mol. The van der Waals surface area contributed by atoms with Crippen LogP contribution in [-0.4, -0.2) is 27.2 Å². The summed E-state index contributed by atoms with van der Waals surface area (Å²) in [5, 5.41) is 12.9. The van der Waals surface area contributed by atoms with E-state index in [2.05, 4.69) is 31.2 Å². The van der Waals surface area contributed by atoms with E-state index in [4.69, 9.17) is 0 Å². The highest BCUT2D eigenvalue weighted by molar-refractivity contribution is 9.10. The molecule has 1 aromatic rings. The first kappa shape index (κ1) is 10.8. The molecule has 2 rings (SSSR count). The molecule has 0 aromatic carbocycles. The van der Waals surface area contributed by atoms with Crippen molar-refractivity contribution >= 4 is 21.9 Å². The van der Waals surface area contributed by atoms with Gasteiger partial charge in [-0.25, -0.2) is 9.97 Å². The molecule has 0 radical (unpaired) electrons. The van der Waals surface area contributed by atoms with Crippen LogP contribution in [0.25, 0.3) is 0 Å². The number of halogens is 1. The Bertz CT molecular complexity index is 366. The van der Waals surface area contributed by atoms with Crippen LogP contribution < -0.4 is 5.32 Å². The number of aryl methyl sites for hydroxylation is 1. The molecule has 15 heavy (non-hydrogen) atoms. The molecule has 1 aliphatic rings. The Morgan fingerprint density at radius 3 is 2.87 bits per heavy atom. The molecule has 5 heteroatoms. The zero-order valence-electron chi connectivity index (χ0n) is 8.63. The lowest BCUT2D eigenvalue weighted by Gasteiger charge is -2.36. The number of aromatic nitrogens is 2. The minimum Gasteiger partial charge on any atom is -0.388 e. The summed E-state index contributed by atoms with van der Waals surface area (Å²) in [4.78, 5) is 8.37. The average Bonchev–Trinajstić information content (AvgIpc) is 2.17. The van der Waals surface area contributed by atoms with E-state index in [0.29, 0.717) is 12.5 Å². The summed E-state index contributed by atoms with van der Waals surface area (Å²) in [6, 6.07) is 0. The second-order valence-electron chi connectivity index (χ2n) is 4.06. The Labute approximate surface area is 97.3 Å². The molecule has 1 saturated carbocycles. The maximum Gasteiger partial charge on any atom is 0.223 e. The Hall–Kier alpha value is -0.680. The Kier molecular flexibility index (Phi) is 2.93. The first-order chi connectivity index (χ1) is 7.09. The quantitative estimate of drug-likeness (QED) is 0.882. The van der Waals surface area contributed by atoms with Gasteiger partial charge in [0.25, 0.3) is 0 Å². The fourth-order valence-corrected chi connectivity index (χ4v) is 1.73. The molecule has 1 aliphatic carbocycles. The van der Waals surface area contributed by atoms with E-state index in [0.717, 1.165) is 29.4 Å². The zero-order chi connectivity index (χ0) is 10.9. The predicted molar refractivity (Wildman–Crippen MR) is 61.8 cm³/mol. The van der Waals surface area contributed by atoms with Crippen LogP contribution >= 0.6 is 15.9 Å². The lowest BCUT2D eigenvalue weighted by atomic mass is 9.80. The lowest BCUT2D eigenvalue weighted by Crippen LogP contribution is -2.43. The maximum absolute atomic E-state index is 9.87. The van der Waals surface area contributed by atoms with Gasteiger partial charge in [0.2, 0.25) is 5.95 Å². The minimum absolute atomic E-state index is 0.536. The summed E-state index contributed by atoms with van der Waals surface area (Å²) in [6.45, 7) is 2.45. The SMILES string of the molecule is Cc1nc(NCC2(O)CCC2)ncc1Br. The van der Waals surface area contributed by atoms with Crippen LogP contribution in [0.2, 0.25) is 0 Å². The molecular formula is C10H14BrN3O. The lowest BCUT2D eigenvalue weighted by molar-refractivity contribution is -0.0203. The van der Waals surface area contributed by atoms with Crippen LogP contribution in [0.1, 0.15) is 25.0 Å². The van der Waals surface area contributed by atoms with E-state index in [-0.39, 0.29) is 0 Å². The molecule has 0 atom stereocenters. The van der Waals surface area contributed by atoms with Crippen molar-refractivity contribution in [1.29, 1.82) is 0 Å². The number of anilines is 1. The Morgan fingerprint density at radius 1 is 1.60 bits per heavy atom. The normalized spacial score (nSPS) is 18.3. The highest BCUT2D eigenvalue weighted by Gasteiger charge is 2.34. The van der Waals surface area contributed by atoms with Crippen molar-refractivity contribution < 1.29 is 5.11 Å². The molecule has 2 N–H and O–H groups in total. The van der Waals surface area contributed by atoms with Gasteiger partial charge >= 0.3 is 0 Å². The van der Waals surface area contributed by atoms with Crippen molar-refractivity contribution in [3.63, 3.8) is 0 Å².